The number of rotatable bonds is 10. The number of carbonyl (C=O) groups excluding carboxylic acids is 2. The van der Waals surface area contributed by atoms with Crippen molar-refractivity contribution in [1.82, 2.24) is 30.3 Å². The number of carbonyl (C=O) groups is 2. The predicted molar refractivity (Wildman–Crippen MR) is 156 cm³/mol. The summed E-state index contributed by atoms with van der Waals surface area (Å²) < 4.78 is 35.6. The number of imidazole rings is 1. The number of β-amino-alcohol motifs (C(OH)–C–C–N with tert-alkyl or cyclic N) is 1. The van der Waals surface area contributed by atoms with E-state index in [-0.39, 0.29) is 36.2 Å². The highest BCUT2D eigenvalue weighted by molar-refractivity contribution is 5.96. The molecule has 13 heteroatoms. The molecule has 5 N–H and O–H groups in total. The molecule has 0 aliphatic carbocycles. The maximum absolute atomic E-state index is 14.8. The zero-order valence-electron chi connectivity index (χ0n) is 24.0. The number of nitrogens with zero attached hydrogens (tertiary/aromatic N) is 3. The van der Waals surface area contributed by atoms with Crippen LogP contribution in [0.15, 0.2) is 48.9 Å². The van der Waals surface area contributed by atoms with Crippen LogP contribution in [0, 0.1) is 18.6 Å². The third-order valence-corrected chi connectivity index (χ3v) is 7.65. The van der Waals surface area contributed by atoms with Crippen molar-refractivity contribution in [1.29, 1.82) is 0 Å². The first-order valence-electron chi connectivity index (χ1n) is 13.9. The van der Waals surface area contributed by atoms with Crippen LogP contribution in [-0.2, 0) is 4.79 Å². The van der Waals surface area contributed by atoms with Gasteiger partial charge in [0.15, 0.2) is 23.0 Å². The summed E-state index contributed by atoms with van der Waals surface area (Å²) in [5, 5.41) is 22.1. The lowest BCUT2D eigenvalue weighted by Gasteiger charge is -2.18. The maximum Gasteiger partial charge on any atom is 0.251 e. The molecule has 0 spiro atoms. The van der Waals surface area contributed by atoms with Crippen molar-refractivity contribution in [3.8, 4) is 17.0 Å². The molecule has 0 saturated carbocycles. The molecule has 1 aliphatic rings. The zero-order chi connectivity index (χ0) is 30.7. The molecule has 3 heterocycles. The molecule has 1 saturated heterocycles. The Morgan fingerprint density at radius 1 is 1.16 bits per heavy atom. The standard InChI is InChI=1S/C30H33F2N7O4/c1-4-30(42)14-21(37-16-30)29(41)35-10-9-34-28(40)19-6-5-18(13-17(19)2)38-26-27-36-15-22(39(27)12-11-33-26)20-7-8-23(43-3)25(32)24(20)31/h5-8,11-13,15,21,37,42H,4,9-10,14,16H2,1-3H3,(H,33,38)(H,34,40)(H,35,41)/t21-,30-/m0/s1. The number of anilines is 2. The Morgan fingerprint density at radius 3 is 2.67 bits per heavy atom. The molecule has 1 aliphatic heterocycles. The van der Waals surface area contributed by atoms with E-state index in [0.29, 0.717) is 53.4 Å². The molecule has 2 amide bonds. The highest BCUT2D eigenvalue weighted by atomic mass is 19.2. The minimum atomic E-state index is -1.08. The molecule has 5 rings (SSSR count). The molecule has 2 aromatic carbocycles. The van der Waals surface area contributed by atoms with E-state index in [2.05, 4.69) is 31.2 Å². The van der Waals surface area contributed by atoms with Gasteiger partial charge in [-0.05, 0) is 49.2 Å². The van der Waals surface area contributed by atoms with Gasteiger partial charge in [-0.1, -0.05) is 6.92 Å². The van der Waals surface area contributed by atoms with E-state index in [4.69, 9.17) is 4.74 Å². The molecule has 2 atom stereocenters. The third kappa shape index (κ3) is 6.13. The molecule has 0 unspecified atom stereocenters. The van der Waals surface area contributed by atoms with Crippen molar-refractivity contribution in [2.24, 2.45) is 0 Å². The second-order valence-corrected chi connectivity index (χ2v) is 10.5. The van der Waals surface area contributed by atoms with Gasteiger partial charge in [-0.15, -0.1) is 0 Å². The topological polar surface area (TPSA) is 142 Å². The summed E-state index contributed by atoms with van der Waals surface area (Å²) in [4.78, 5) is 33.9. The van der Waals surface area contributed by atoms with E-state index in [9.17, 15) is 23.5 Å². The largest absolute Gasteiger partial charge is 0.494 e. The highest BCUT2D eigenvalue weighted by Crippen LogP contribution is 2.31. The molecular formula is C30H33F2N7O4. The van der Waals surface area contributed by atoms with Gasteiger partial charge in [0, 0.05) is 55.3 Å². The lowest BCUT2D eigenvalue weighted by molar-refractivity contribution is -0.123. The quantitative estimate of drug-likeness (QED) is 0.177. The van der Waals surface area contributed by atoms with Gasteiger partial charge in [-0.25, -0.2) is 14.4 Å². The number of methoxy groups -OCH3 is 1. The Hall–Kier alpha value is -4.62. The summed E-state index contributed by atoms with van der Waals surface area (Å²) in [6.45, 7) is 4.54. The number of halogens is 2. The minimum Gasteiger partial charge on any atom is -0.494 e. The van der Waals surface area contributed by atoms with Crippen LogP contribution in [-0.4, -0.2) is 69.7 Å². The lowest BCUT2D eigenvalue weighted by atomic mass is 9.97. The average molecular weight is 594 g/mol. The van der Waals surface area contributed by atoms with Gasteiger partial charge in [0.05, 0.1) is 30.6 Å². The number of ether oxygens (including phenoxy) is 1. The van der Waals surface area contributed by atoms with Crippen LogP contribution in [0.5, 0.6) is 5.75 Å². The van der Waals surface area contributed by atoms with Gasteiger partial charge >= 0.3 is 0 Å². The van der Waals surface area contributed by atoms with Crippen LogP contribution in [0.3, 0.4) is 0 Å². The third-order valence-electron chi connectivity index (χ3n) is 7.65. The Labute approximate surface area is 246 Å². The molecule has 1 fully saturated rings. The van der Waals surface area contributed by atoms with E-state index < -0.39 is 23.3 Å². The maximum atomic E-state index is 14.8. The van der Waals surface area contributed by atoms with Crippen LogP contribution in [0.4, 0.5) is 20.3 Å². The first-order chi connectivity index (χ1) is 20.6. The van der Waals surface area contributed by atoms with Gasteiger partial charge in [0.25, 0.3) is 5.91 Å². The van der Waals surface area contributed by atoms with Crippen LogP contribution >= 0.6 is 0 Å². The molecule has 2 aromatic heterocycles. The zero-order valence-corrected chi connectivity index (χ0v) is 24.0. The van der Waals surface area contributed by atoms with Crippen molar-refractivity contribution in [3.63, 3.8) is 0 Å². The number of aromatic nitrogens is 3. The molecular weight excluding hydrogens is 560 g/mol. The fourth-order valence-corrected chi connectivity index (χ4v) is 5.10. The van der Waals surface area contributed by atoms with E-state index in [1.807, 2.05) is 6.92 Å². The highest BCUT2D eigenvalue weighted by Gasteiger charge is 2.38. The van der Waals surface area contributed by atoms with Crippen molar-refractivity contribution in [3.05, 3.63) is 71.7 Å². The van der Waals surface area contributed by atoms with Gasteiger partial charge < -0.3 is 31.1 Å². The van der Waals surface area contributed by atoms with Crippen LogP contribution < -0.4 is 26.0 Å². The monoisotopic (exact) mass is 593 g/mol. The lowest BCUT2D eigenvalue weighted by Crippen LogP contribution is -2.43. The van der Waals surface area contributed by atoms with Crippen molar-refractivity contribution in [2.45, 2.75) is 38.3 Å². The van der Waals surface area contributed by atoms with Crippen molar-refractivity contribution < 1.29 is 28.2 Å². The van der Waals surface area contributed by atoms with Gasteiger partial charge in [0.1, 0.15) is 0 Å². The fourth-order valence-electron chi connectivity index (χ4n) is 5.10. The number of amides is 2. The molecule has 43 heavy (non-hydrogen) atoms. The van der Waals surface area contributed by atoms with Crippen LogP contribution in [0.1, 0.15) is 35.7 Å². The van der Waals surface area contributed by atoms with E-state index in [1.54, 1.807) is 35.7 Å². The molecule has 11 nitrogen and oxygen atoms in total. The number of hydrogen-bond acceptors (Lipinski definition) is 8. The smallest absolute Gasteiger partial charge is 0.251 e. The first kappa shape index (κ1) is 29.9. The summed E-state index contributed by atoms with van der Waals surface area (Å²) in [5.74, 6) is -2.44. The number of hydrogen-bond donors (Lipinski definition) is 5. The van der Waals surface area contributed by atoms with Gasteiger partial charge in [-0.3, -0.25) is 14.0 Å². The van der Waals surface area contributed by atoms with Gasteiger partial charge in [-0.2, -0.15) is 4.39 Å². The predicted octanol–water partition coefficient (Wildman–Crippen LogP) is 3.08. The SMILES string of the molecule is CC[C@@]1(O)CN[C@H](C(=O)NCCNC(=O)c2ccc(Nc3nccn4c(-c5ccc(OC)c(F)c5F)cnc34)cc2C)C1. The molecule has 4 aromatic rings. The number of benzene rings is 2. The van der Waals surface area contributed by atoms with E-state index >= 15 is 0 Å². The van der Waals surface area contributed by atoms with Crippen molar-refractivity contribution in [2.75, 3.05) is 32.1 Å². The second-order valence-electron chi connectivity index (χ2n) is 10.5. The molecule has 226 valence electrons. The summed E-state index contributed by atoms with van der Waals surface area (Å²) in [6, 6.07) is 7.50. The van der Waals surface area contributed by atoms with E-state index in [0.717, 1.165) is 0 Å². The fraction of sp³-hybridized carbons (Fsp3) is 0.333. The normalized spacial score (nSPS) is 18.0. The molecule has 0 bridgehead atoms. The van der Waals surface area contributed by atoms with Gasteiger partial charge in [0.2, 0.25) is 11.7 Å². The Balaban J connectivity index is 1.21. The Kier molecular flexibility index (Phi) is 8.55. The summed E-state index contributed by atoms with van der Waals surface area (Å²) in [6.07, 6.45) is 5.47. The van der Waals surface area contributed by atoms with E-state index in [1.165, 1.54) is 31.6 Å². The Morgan fingerprint density at radius 2 is 1.95 bits per heavy atom. The van der Waals surface area contributed by atoms with Crippen molar-refractivity contribution >= 4 is 29.0 Å². The van der Waals surface area contributed by atoms with Crippen LogP contribution in [0.25, 0.3) is 16.9 Å². The summed E-state index contributed by atoms with van der Waals surface area (Å²) in [5.41, 5.74) is 1.69. The molecule has 0 radical (unpaired) electrons. The first-order valence-corrected chi connectivity index (χ1v) is 13.9. The van der Waals surface area contributed by atoms with Crippen LogP contribution in [0.2, 0.25) is 0 Å². The number of aryl methyl sites for hydroxylation is 1. The minimum absolute atomic E-state index is 0.0209. The number of aliphatic hydroxyl groups is 1. The summed E-state index contributed by atoms with van der Waals surface area (Å²) >= 11 is 0. The number of nitrogens with one attached hydrogen (secondary N) is 4. The average Bonchev–Trinajstić information content (AvgIpc) is 3.62. The summed E-state index contributed by atoms with van der Waals surface area (Å²) in [7, 11) is 1.27. The Bertz CT molecular complexity index is 1680. The second kappa shape index (κ2) is 12.3. The number of fused-ring (bicyclic) bond motifs is 1.